The van der Waals surface area contributed by atoms with Crippen molar-refractivity contribution in [1.82, 2.24) is 9.80 Å². The summed E-state index contributed by atoms with van der Waals surface area (Å²) in [4.78, 5) is 34.7. The third kappa shape index (κ3) is 3.58. The summed E-state index contributed by atoms with van der Waals surface area (Å²) < 4.78 is 5.71. The molecule has 178 valence electrons. The molecule has 3 heterocycles. The van der Waals surface area contributed by atoms with E-state index < -0.39 is 5.54 Å². The molecule has 3 fully saturated rings. The van der Waals surface area contributed by atoms with Gasteiger partial charge in [0.25, 0.3) is 5.91 Å². The highest BCUT2D eigenvalue weighted by Gasteiger charge is 2.57. The standard InChI is InChI=1S/C29H29N3O3/c1-18-14-24-15-23(8-9-25(24)35-18)20-2-4-21(5-3-20)26-30-29(11-12-29)28(34)32(26)17-19-10-13-31(16-19)27(33)22-6-7-22/h2-5,8-9,14-15,19,22H,6-7,10-13,16-17H2,1H3. The van der Waals surface area contributed by atoms with Gasteiger partial charge in [0.05, 0.1) is 0 Å². The third-order valence-corrected chi connectivity index (χ3v) is 8.02. The van der Waals surface area contributed by atoms with Crippen molar-refractivity contribution >= 4 is 28.6 Å². The molecule has 0 N–H and O–H groups in total. The topological polar surface area (TPSA) is 66.1 Å². The molecule has 0 bridgehead atoms. The number of likely N-dealkylation sites (tertiary alicyclic amines) is 1. The fourth-order valence-electron chi connectivity index (χ4n) is 5.69. The van der Waals surface area contributed by atoms with Gasteiger partial charge in [-0.3, -0.25) is 19.5 Å². The molecular formula is C29H29N3O3. The Balaban J connectivity index is 1.12. The Morgan fingerprint density at radius 1 is 1.03 bits per heavy atom. The monoisotopic (exact) mass is 467 g/mol. The Kier molecular flexibility index (Phi) is 4.51. The number of fused-ring (bicyclic) bond motifs is 1. The first-order chi connectivity index (χ1) is 17.0. The number of nitrogens with zero attached hydrogens (tertiary/aromatic N) is 3. The number of amides is 2. The zero-order chi connectivity index (χ0) is 23.7. The van der Waals surface area contributed by atoms with E-state index in [1.54, 1.807) is 0 Å². The van der Waals surface area contributed by atoms with Gasteiger partial charge >= 0.3 is 0 Å². The number of rotatable bonds is 5. The summed E-state index contributed by atoms with van der Waals surface area (Å²) in [6.07, 6.45) is 4.71. The van der Waals surface area contributed by atoms with Crippen LogP contribution in [0.2, 0.25) is 0 Å². The molecule has 4 aliphatic rings. The van der Waals surface area contributed by atoms with Crippen molar-refractivity contribution in [2.45, 2.75) is 44.6 Å². The molecule has 6 nitrogen and oxygen atoms in total. The quantitative estimate of drug-likeness (QED) is 0.542. The predicted molar refractivity (Wildman–Crippen MR) is 134 cm³/mol. The van der Waals surface area contributed by atoms with Crippen LogP contribution < -0.4 is 0 Å². The summed E-state index contributed by atoms with van der Waals surface area (Å²) in [6.45, 7) is 4.18. The first-order valence-corrected chi connectivity index (χ1v) is 12.8. The highest BCUT2D eigenvalue weighted by atomic mass is 16.3. The van der Waals surface area contributed by atoms with Gasteiger partial charge < -0.3 is 9.32 Å². The molecule has 1 spiro atoms. The van der Waals surface area contributed by atoms with E-state index in [4.69, 9.17) is 9.41 Å². The van der Waals surface area contributed by atoms with Crippen LogP contribution in [-0.4, -0.2) is 52.6 Å². The molecule has 3 aromatic rings. The van der Waals surface area contributed by atoms with Gasteiger partial charge in [-0.25, -0.2) is 0 Å². The molecule has 2 aliphatic heterocycles. The van der Waals surface area contributed by atoms with Gasteiger partial charge in [-0.1, -0.05) is 30.3 Å². The normalized spacial score (nSPS) is 22.9. The number of hydrogen-bond acceptors (Lipinski definition) is 4. The predicted octanol–water partition coefficient (Wildman–Crippen LogP) is 4.79. The number of furan rings is 1. The molecule has 1 atom stereocenters. The lowest BCUT2D eigenvalue weighted by Crippen LogP contribution is -2.40. The zero-order valence-corrected chi connectivity index (χ0v) is 20.0. The number of hydrogen-bond donors (Lipinski definition) is 0. The zero-order valence-electron chi connectivity index (χ0n) is 20.0. The Bertz CT molecular complexity index is 1380. The Morgan fingerprint density at radius 3 is 2.51 bits per heavy atom. The van der Waals surface area contributed by atoms with E-state index in [9.17, 15) is 9.59 Å². The highest BCUT2D eigenvalue weighted by Crippen LogP contribution is 2.46. The molecule has 1 unspecified atom stereocenters. The summed E-state index contributed by atoms with van der Waals surface area (Å²) >= 11 is 0. The Labute approximate surface area is 204 Å². The minimum atomic E-state index is -0.527. The van der Waals surface area contributed by atoms with Crippen LogP contribution in [0.1, 0.15) is 43.4 Å². The van der Waals surface area contributed by atoms with Crippen molar-refractivity contribution in [3.63, 3.8) is 0 Å². The number of carbonyl (C=O) groups excluding carboxylic acids is 2. The Morgan fingerprint density at radius 2 is 1.77 bits per heavy atom. The minimum Gasteiger partial charge on any atom is -0.461 e. The van der Waals surface area contributed by atoms with Crippen molar-refractivity contribution in [2.24, 2.45) is 16.8 Å². The van der Waals surface area contributed by atoms with E-state index >= 15 is 0 Å². The number of aliphatic imine (C=N–C) groups is 1. The van der Waals surface area contributed by atoms with Gasteiger partial charge in [0.15, 0.2) is 0 Å². The van der Waals surface area contributed by atoms with E-state index in [1.165, 1.54) is 0 Å². The maximum Gasteiger partial charge on any atom is 0.256 e. The maximum atomic E-state index is 13.3. The average Bonchev–Trinajstić information content (AvgIpc) is 3.76. The second-order valence-electron chi connectivity index (χ2n) is 10.8. The van der Waals surface area contributed by atoms with Crippen molar-refractivity contribution in [3.05, 3.63) is 59.9 Å². The number of amidine groups is 1. The summed E-state index contributed by atoms with van der Waals surface area (Å²) in [7, 11) is 0. The number of carbonyl (C=O) groups is 2. The van der Waals surface area contributed by atoms with E-state index in [0.717, 1.165) is 84.4 Å². The fourth-order valence-corrected chi connectivity index (χ4v) is 5.69. The van der Waals surface area contributed by atoms with Crippen molar-refractivity contribution < 1.29 is 14.0 Å². The molecule has 7 rings (SSSR count). The lowest BCUT2D eigenvalue weighted by atomic mass is 10.0. The van der Waals surface area contributed by atoms with Gasteiger partial charge in [0.2, 0.25) is 5.91 Å². The largest absolute Gasteiger partial charge is 0.461 e. The molecule has 1 saturated heterocycles. The van der Waals surface area contributed by atoms with Crippen LogP contribution in [-0.2, 0) is 9.59 Å². The van der Waals surface area contributed by atoms with Gasteiger partial charge in [-0.15, -0.1) is 0 Å². The molecule has 2 saturated carbocycles. The minimum absolute atomic E-state index is 0.143. The van der Waals surface area contributed by atoms with E-state index in [2.05, 4.69) is 42.5 Å². The van der Waals surface area contributed by atoms with Crippen LogP contribution in [0.25, 0.3) is 22.1 Å². The van der Waals surface area contributed by atoms with Gasteiger partial charge in [-0.05, 0) is 74.3 Å². The van der Waals surface area contributed by atoms with Gasteiger partial charge in [0.1, 0.15) is 22.7 Å². The summed E-state index contributed by atoms with van der Waals surface area (Å²) in [5, 5.41) is 1.10. The molecule has 2 amide bonds. The fraction of sp³-hybridized carbons (Fsp3) is 0.414. The number of benzene rings is 2. The summed E-state index contributed by atoms with van der Waals surface area (Å²) in [5.74, 6) is 2.73. The molecule has 35 heavy (non-hydrogen) atoms. The molecule has 0 radical (unpaired) electrons. The first-order valence-electron chi connectivity index (χ1n) is 12.8. The molecule has 1 aromatic heterocycles. The maximum absolute atomic E-state index is 13.3. The van der Waals surface area contributed by atoms with Crippen LogP contribution in [0.3, 0.4) is 0 Å². The van der Waals surface area contributed by atoms with Crippen LogP contribution in [0.15, 0.2) is 57.9 Å². The molecule has 2 aliphatic carbocycles. The third-order valence-electron chi connectivity index (χ3n) is 8.02. The van der Waals surface area contributed by atoms with Crippen LogP contribution >= 0.6 is 0 Å². The smallest absolute Gasteiger partial charge is 0.256 e. The van der Waals surface area contributed by atoms with Crippen molar-refractivity contribution in [3.8, 4) is 11.1 Å². The van der Waals surface area contributed by atoms with Crippen molar-refractivity contribution in [1.29, 1.82) is 0 Å². The molecular weight excluding hydrogens is 438 g/mol. The Hall–Kier alpha value is -3.41. The van der Waals surface area contributed by atoms with Crippen LogP contribution in [0.5, 0.6) is 0 Å². The molecule has 2 aromatic carbocycles. The summed E-state index contributed by atoms with van der Waals surface area (Å²) in [6, 6.07) is 16.7. The average molecular weight is 468 g/mol. The second-order valence-corrected chi connectivity index (χ2v) is 10.8. The van der Waals surface area contributed by atoms with E-state index in [-0.39, 0.29) is 11.8 Å². The van der Waals surface area contributed by atoms with Crippen molar-refractivity contribution in [2.75, 3.05) is 19.6 Å². The first kappa shape index (κ1) is 20.9. The van der Waals surface area contributed by atoms with E-state index in [0.29, 0.717) is 18.4 Å². The number of aryl methyl sites for hydroxylation is 1. The second kappa shape index (κ2) is 7.54. The van der Waals surface area contributed by atoms with Crippen LogP contribution in [0, 0.1) is 18.8 Å². The van der Waals surface area contributed by atoms with E-state index in [1.807, 2.05) is 22.8 Å². The molecule has 6 heteroatoms. The van der Waals surface area contributed by atoms with Gasteiger partial charge in [0, 0.05) is 36.5 Å². The van der Waals surface area contributed by atoms with Crippen LogP contribution in [0.4, 0.5) is 0 Å². The highest BCUT2D eigenvalue weighted by molar-refractivity contribution is 6.16. The SMILES string of the molecule is Cc1cc2cc(-c3ccc(C4=NC5(CC5)C(=O)N4CC4CCN(C(=O)C5CC5)C4)cc3)ccc2o1. The lowest BCUT2D eigenvalue weighted by Gasteiger charge is -2.23. The lowest BCUT2D eigenvalue weighted by molar-refractivity contribution is -0.131. The van der Waals surface area contributed by atoms with Gasteiger partial charge in [-0.2, -0.15) is 0 Å². The summed E-state index contributed by atoms with van der Waals surface area (Å²) in [5.41, 5.74) is 3.61.